The molecule has 5 heteroatoms. The maximum absolute atomic E-state index is 12.5. The van der Waals surface area contributed by atoms with Gasteiger partial charge in [0.05, 0.1) is 5.69 Å². The average molecular weight is 336 g/mol. The maximum atomic E-state index is 12.5. The van der Waals surface area contributed by atoms with E-state index in [1.54, 1.807) is 12.3 Å². The van der Waals surface area contributed by atoms with Gasteiger partial charge in [0.1, 0.15) is 0 Å². The molecule has 4 aromatic rings. The van der Waals surface area contributed by atoms with Crippen molar-refractivity contribution in [3.05, 3.63) is 81.7 Å². The number of benzene rings is 2. The highest BCUT2D eigenvalue weighted by molar-refractivity contribution is 6.30. The third-order valence-corrected chi connectivity index (χ3v) is 4.29. The van der Waals surface area contributed by atoms with E-state index in [9.17, 15) is 4.79 Å². The Morgan fingerprint density at radius 1 is 1.04 bits per heavy atom. The Balaban J connectivity index is 1.99. The third-order valence-electron chi connectivity index (χ3n) is 4.05. The molecule has 0 saturated carbocycles. The molecule has 4 rings (SSSR count). The molecule has 2 heterocycles. The lowest BCUT2D eigenvalue weighted by molar-refractivity contribution is 0.901. The lowest BCUT2D eigenvalue weighted by Crippen LogP contribution is -2.14. The van der Waals surface area contributed by atoms with Crippen molar-refractivity contribution < 1.29 is 0 Å². The van der Waals surface area contributed by atoms with Crippen molar-refractivity contribution in [3.63, 3.8) is 0 Å². The number of fused-ring (bicyclic) bond motifs is 1. The van der Waals surface area contributed by atoms with Crippen LogP contribution in [0.3, 0.4) is 0 Å². The van der Waals surface area contributed by atoms with E-state index >= 15 is 0 Å². The summed E-state index contributed by atoms with van der Waals surface area (Å²) in [6, 6.07) is 16.9. The molecule has 2 aromatic carbocycles. The lowest BCUT2D eigenvalue weighted by atomic mass is 10.1. The Bertz CT molecular complexity index is 1110. The molecule has 0 saturated heterocycles. The van der Waals surface area contributed by atoms with Crippen LogP contribution in [0.5, 0.6) is 0 Å². The van der Waals surface area contributed by atoms with Gasteiger partial charge in [-0.2, -0.15) is 0 Å². The van der Waals surface area contributed by atoms with Crippen LogP contribution in [0.25, 0.3) is 28.0 Å². The topological polar surface area (TPSA) is 50.2 Å². The second-order valence-electron chi connectivity index (χ2n) is 5.65. The SMILES string of the molecule is Cc1ccccc1-c1cc(=O)n2[nH]cc(-c3cccc(Cl)c3)c2n1. The van der Waals surface area contributed by atoms with Crippen molar-refractivity contribution in [1.82, 2.24) is 14.6 Å². The highest BCUT2D eigenvalue weighted by Gasteiger charge is 2.13. The van der Waals surface area contributed by atoms with Gasteiger partial charge in [0.15, 0.2) is 5.65 Å². The molecular formula is C19H14ClN3O. The molecule has 0 fully saturated rings. The van der Waals surface area contributed by atoms with Crippen LogP contribution in [0.4, 0.5) is 0 Å². The molecule has 24 heavy (non-hydrogen) atoms. The molecule has 0 aliphatic carbocycles. The second kappa shape index (κ2) is 5.65. The summed E-state index contributed by atoms with van der Waals surface area (Å²) >= 11 is 6.09. The fourth-order valence-electron chi connectivity index (χ4n) is 2.85. The predicted molar refractivity (Wildman–Crippen MR) is 96.4 cm³/mol. The van der Waals surface area contributed by atoms with E-state index in [4.69, 9.17) is 16.6 Å². The van der Waals surface area contributed by atoms with Crippen LogP contribution in [-0.4, -0.2) is 14.6 Å². The molecule has 0 spiro atoms. The molecule has 0 bridgehead atoms. The van der Waals surface area contributed by atoms with Crippen LogP contribution >= 0.6 is 11.6 Å². The molecule has 0 unspecified atom stereocenters. The van der Waals surface area contributed by atoms with E-state index < -0.39 is 0 Å². The van der Waals surface area contributed by atoms with Gasteiger partial charge in [-0.25, -0.2) is 9.50 Å². The van der Waals surface area contributed by atoms with E-state index in [0.717, 1.165) is 22.3 Å². The fourth-order valence-corrected chi connectivity index (χ4v) is 3.04. The standard InChI is InChI=1S/C19H14ClN3O/c1-12-5-2-3-8-15(12)17-10-18(24)23-19(22-17)16(11-21-23)13-6-4-7-14(20)9-13/h2-11,21H,1H3. The minimum Gasteiger partial charge on any atom is -0.296 e. The smallest absolute Gasteiger partial charge is 0.273 e. The second-order valence-corrected chi connectivity index (χ2v) is 6.09. The van der Waals surface area contributed by atoms with Gasteiger partial charge in [-0.05, 0) is 30.2 Å². The summed E-state index contributed by atoms with van der Waals surface area (Å²) in [4.78, 5) is 17.2. The lowest BCUT2D eigenvalue weighted by Gasteiger charge is -2.06. The number of hydrogen-bond acceptors (Lipinski definition) is 2. The zero-order valence-electron chi connectivity index (χ0n) is 13.0. The van der Waals surface area contributed by atoms with E-state index in [0.29, 0.717) is 16.4 Å². The van der Waals surface area contributed by atoms with Gasteiger partial charge in [-0.3, -0.25) is 9.89 Å². The number of aryl methyl sites for hydroxylation is 1. The number of hydrogen-bond donors (Lipinski definition) is 1. The zero-order chi connectivity index (χ0) is 16.7. The summed E-state index contributed by atoms with van der Waals surface area (Å²) in [5.74, 6) is 0. The first kappa shape index (κ1) is 14.7. The molecule has 0 atom stereocenters. The first-order valence-electron chi connectivity index (χ1n) is 7.56. The molecule has 2 aromatic heterocycles. The van der Waals surface area contributed by atoms with Gasteiger partial charge in [0.2, 0.25) is 0 Å². The summed E-state index contributed by atoms with van der Waals surface area (Å²) in [5, 5.41) is 3.61. The van der Waals surface area contributed by atoms with Gasteiger partial charge in [0, 0.05) is 28.4 Å². The van der Waals surface area contributed by atoms with Crippen LogP contribution in [0, 0.1) is 6.92 Å². The van der Waals surface area contributed by atoms with Gasteiger partial charge in [-0.15, -0.1) is 0 Å². The molecule has 0 aliphatic rings. The van der Waals surface area contributed by atoms with Crippen LogP contribution in [-0.2, 0) is 0 Å². The minimum absolute atomic E-state index is 0.147. The highest BCUT2D eigenvalue weighted by Crippen LogP contribution is 2.27. The largest absolute Gasteiger partial charge is 0.296 e. The Kier molecular flexibility index (Phi) is 3.47. The number of nitrogens with zero attached hydrogens (tertiary/aromatic N) is 2. The van der Waals surface area contributed by atoms with Gasteiger partial charge < -0.3 is 0 Å². The van der Waals surface area contributed by atoms with Gasteiger partial charge >= 0.3 is 0 Å². The summed E-state index contributed by atoms with van der Waals surface area (Å²) in [7, 11) is 0. The molecule has 0 radical (unpaired) electrons. The monoisotopic (exact) mass is 335 g/mol. The first-order valence-corrected chi connectivity index (χ1v) is 7.94. The molecule has 1 N–H and O–H groups in total. The molecular weight excluding hydrogens is 322 g/mol. The third kappa shape index (κ3) is 2.41. The highest BCUT2D eigenvalue weighted by atomic mass is 35.5. The number of aromatic nitrogens is 3. The molecule has 118 valence electrons. The zero-order valence-corrected chi connectivity index (χ0v) is 13.7. The van der Waals surface area contributed by atoms with Gasteiger partial charge in [-0.1, -0.05) is 48.0 Å². The first-order chi connectivity index (χ1) is 11.6. The van der Waals surface area contributed by atoms with Crippen molar-refractivity contribution in [1.29, 1.82) is 0 Å². The van der Waals surface area contributed by atoms with Crippen LogP contribution in [0.15, 0.2) is 65.6 Å². The van der Waals surface area contributed by atoms with Crippen LogP contribution in [0.2, 0.25) is 5.02 Å². The van der Waals surface area contributed by atoms with Crippen molar-refractivity contribution in [2.75, 3.05) is 0 Å². The maximum Gasteiger partial charge on any atom is 0.273 e. The number of aromatic amines is 1. The number of nitrogens with one attached hydrogen (secondary N) is 1. The van der Waals surface area contributed by atoms with E-state index in [1.165, 1.54) is 4.52 Å². The van der Waals surface area contributed by atoms with Crippen molar-refractivity contribution in [2.24, 2.45) is 0 Å². The van der Waals surface area contributed by atoms with Crippen molar-refractivity contribution in [2.45, 2.75) is 6.92 Å². The fraction of sp³-hybridized carbons (Fsp3) is 0.0526. The summed E-state index contributed by atoms with van der Waals surface area (Å²) in [6.07, 6.45) is 1.77. The predicted octanol–water partition coefficient (Wildman–Crippen LogP) is 4.32. The van der Waals surface area contributed by atoms with Crippen LogP contribution in [0.1, 0.15) is 5.56 Å². The van der Waals surface area contributed by atoms with Crippen molar-refractivity contribution in [3.8, 4) is 22.4 Å². The molecule has 4 nitrogen and oxygen atoms in total. The Labute approximate surface area is 143 Å². The van der Waals surface area contributed by atoms with E-state index in [2.05, 4.69) is 5.10 Å². The normalized spacial score (nSPS) is 11.1. The van der Waals surface area contributed by atoms with Gasteiger partial charge in [0.25, 0.3) is 5.56 Å². The van der Waals surface area contributed by atoms with E-state index in [1.807, 2.05) is 55.5 Å². The van der Waals surface area contributed by atoms with E-state index in [-0.39, 0.29) is 5.56 Å². The number of halogens is 1. The quantitative estimate of drug-likeness (QED) is 0.593. The summed E-state index contributed by atoms with van der Waals surface area (Å²) in [5.41, 5.74) is 4.89. The summed E-state index contributed by atoms with van der Waals surface area (Å²) < 4.78 is 1.44. The van der Waals surface area contributed by atoms with Crippen LogP contribution < -0.4 is 5.56 Å². The minimum atomic E-state index is -0.147. The molecule has 0 amide bonds. The Hall–Kier alpha value is -2.85. The number of rotatable bonds is 2. The number of H-pyrrole nitrogens is 1. The van der Waals surface area contributed by atoms with Crippen molar-refractivity contribution >= 4 is 17.2 Å². The summed E-state index contributed by atoms with van der Waals surface area (Å²) in [6.45, 7) is 2.01. The molecule has 0 aliphatic heterocycles. The average Bonchev–Trinajstić information content (AvgIpc) is 3.00. The Morgan fingerprint density at radius 3 is 2.67 bits per heavy atom. The Morgan fingerprint density at radius 2 is 1.88 bits per heavy atom.